The number of aromatic amines is 1. The molecule has 0 spiro atoms. The topological polar surface area (TPSA) is 80.5 Å². The Labute approximate surface area is 97.9 Å². The van der Waals surface area contributed by atoms with E-state index in [9.17, 15) is 0 Å². The van der Waals surface area contributed by atoms with Gasteiger partial charge >= 0.3 is 0 Å². The number of nitrogens with one attached hydrogen (secondary N) is 1. The summed E-state index contributed by atoms with van der Waals surface area (Å²) in [4.78, 5) is 8.45. The first-order valence-electron chi connectivity index (χ1n) is 4.93. The minimum atomic E-state index is 0.0104. The van der Waals surface area contributed by atoms with E-state index in [1.54, 1.807) is 6.20 Å². The SMILES string of the molecule is Cc1nc(Sc2cc([C@H](C)N)ccn2)n[nH]1. The van der Waals surface area contributed by atoms with E-state index in [0.29, 0.717) is 5.16 Å². The molecule has 5 nitrogen and oxygen atoms in total. The maximum Gasteiger partial charge on any atom is 0.214 e. The molecule has 2 rings (SSSR count). The fourth-order valence-electron chi connectivity index (χ4n) is 1.23. The van der Waals surface area contributed by atoms with E-state index in [1.807, 2.05) is 26.0 Å². The van der Waals surface area contributed by atoms with Crippen molar-refractivity contribution in [3.63, 3.8) is 0 Å². The third-order valence-corrected chi connectivity index (χ3v) is 2.85. The highest BCUT2D eigenvalue weighted by molar-refractivity contribution is 7.99. The van der Waals surface area contributed by atoms with Crippen LogP contribution in [0.2, 0.25) is 0 Å². The van der Waals surface area contributed by atoms with Crippen LogP contribution >= 0.6 is 11.8 Å². The van der Waals surface area contributed by atoms with Crippen LogP contribution in [0.3, 0.4) is 0 Å². The molecule has 0 aliphatic heterocycles. The first-order valence-corrected chi connectivity index (χ1v) is 5.75. The van der Waals surface area contributed by atoms with E-state index in [0.717, 1.165) is 16.4 Å². The number of nitrogens with zero attached hydrogens (tertiary/aromatic N) is 3. The Balaban J connectivity index is 2.18. The summed E-state index contributed by atoms with van der Waals surface area (Å²) < 4.78 is 0. The van der Waals surface area contributed by atoms with Crippen molar-refractivity contribution >= 4 is 11.8 Å². The Kier molecular flexibility index (Phi) is 3.21. The Morgan fingerprint density at radius 2 is 2.31 bits per heavy atom. The van der Waals surface area contributed by atoms with Gasteiger partial charge in [-0.3, -0.25) is 5.10 Å². The molecule has 0 aliphatic carbocycles. The molecule has 1 atom stereocenters. The monoisotopic (exact) mass is 235 g/mol. The van der Waals surface area contributed by atoms with Crippen LogP contribution in [-0.2, 0) is 0 Å². The normalized spacial score (nSPS) is 12.7. The Hall–Kier alpha value is -1.40. The third-order valence-electron chi connectivity index (χ3n) is 2.06. The average molecular weight is 235 g/mol. The summed E-state index contributed by atoms with van der Waals surface area (Å²) in [5.41, 5.74) is 6.87. The van der Waals surface area contributed by atoms with Gasteiger partial charge in [0, 0.05) is 12.2 Å². The fourth-order valence-corrected chi connectivity index (χ4v) is 1.99. The van der Waals surface area contributed by atoms with Gasteiger partial charge in [0.25, 0.3) is 0 Å². The van der Waals surface area contributed by atoms with E-state index >= 15 is 0 Å². The standard InChI is InChI=1S/C10H13N5S/c1-6(11)8-3-4-12-9(5-8)16-10-13-7(2)14-15-10/h3-6H,11H2,1-2H3,(H,13,14,15)/t6-/m0/s1. The zero-order valence-corrected chi connectivity index (χ0v) is 9.95. The molecular weight excluding hydrogens is 222 g/mol. The molecule has 0 saturated heterocycles. The molecule has 0 bridgehead atoms. The molecule has 2 aromatic rings. The van der Waals surface area contributed by atoms with E-state index in [2.05, 4.69) is 20.2 Å². The number of H-pyrrole nitrogens is 1. The van der Waals surface area contributed by atoms with Gasteiger partial charge in [-0.2, -0.15) is 0 Å². The lowest BCUT2D eigenvalue weighted by Crippen LogP contribution is -2.04. The number of aromatic nitrogens is 4. The molecule has 0 aromatic carbocycles. The molecule has 0 amide bonds. The first kappa shape index (κ1) is 11.1. The molecule has 6 heteroatoms. The summed E-state index contributed by atoms with van der Waals surface area (Å²) in [7, 11) is 0. The molecule has 84 valence electrons. The van der Waals surface area contributed by atoms with Crippen LogP contribution in [0.4, 0.5) is 0 Å². The number of rotatable bonds is 3. The Morgan fingerprint density at radius 3 is 2.94 bits per heavy atom. The lowest BCUT2D eigenvalue weighted by atomic mass is 10.1. The van der Waals surface area contributed by atoms with E-state index in [-0.39, 0.29) is 6.04 Å². The minimum absolute atomic E-state index is 0.0104. The second-order valence-electron chi connectivity index (χ2n) is 3.52. The quantitative estimate of drug-likeness (QED) is 0.846. The van der Waals surface area contributed by atoms with Gasteiger partial charge in [0.05, 0.1) is 0 Å². The van der Waals surface area contributed by atoms with Gasteiger partial charge in [-0.15, -0.1) is 5.10 Å². The highest BCUT2D eigenvalue weighted by atomic mass is 32.2. The smallest absolute Gasteiger partial charge is 0.214 e. The predicted octanol–water partition coefficient (Wildman–Crippen LogP) is 1.68. The van der Waals surface area contributed by atoms with Crippen LogP contribution in [0.5, 0.6) is 0 Å². The molecule has 0 aliphatic rings. The van der Waals surface area contributed by atoms with Crippen molar-refractivity contribution in [1.82, 2.24) is 20.2 Å². The number of hydrogen-bond donors (Lipinski definition) is 2. The van der Waals surface area contributed by atoms with Crippen LogP contribution in [-0.4, -0.2) is 20.2 Å². The van der Waals surface area contributed by atoms with Crippen molar-refractivity contribution in [2.24, 2.45) is 5.73 Å². The molecule has 3 N–H and O–H groups in total. The number of pyridine rings is 1. The fraction of sp³-hybridized carbons (Fsp3) is 0.300. The molecular formula is C10H13N5S. The molecule has 0 radical (unpaired) electrons. The summed E-state index contributed by atoms with van der Waals surface area (Å²) in [6.45, 7) is 3.81. The second-order valence-corrected chi connectivity index (χ2v) is 4.51. The summed E-state index contributed by atoms with van der Waals surface area (Å²) >= 11 is 1.42. The predicted molar refractivity (Wildman–Crippen MR) is 62.1 cm³/mol. The Morgan fingerprint density at radius 1 is 1.50 bits per heavy atom. The first-order chi connectivity index (χ1) is 7.65. The van der Waals surface area contributed by atoms with Crippen LogP contribution in [0.25, 0.3) is 0 Å². The third kappa shape index (κ3) is 2.59. The molecule has 2 aromatic heterocycles. The summed E-state index contributed by atoms with van der Waals surface area (Å²) in [6.07, 6.45) is 1.75. The van der Waals surface area contributed by atoms with Crippen molar-refractivity contribution in [2.45, 2.75) is 30.1 Å². The number of nitrogens with two attached hydrogens (primary N) is 1. The highest BCUT2D eigenvalue weighted by Crippen LogP contribution is 2.24. The van der Waals surface area contributed by atoms with Crippen molar-refractivity contribution in [1.29, 1.82) is 0 Å². The van der Waals surface area contributed by atoms with Gasteiger partial charge in [-0.1, -0.05) is 0 Å². The van der Waals surface area contributed by atoms with Crippen molar-refractivity contribution < 1.29 is 0 Å². The summed E-state index contributed by atoms with van der Waals surface area (Å²) in [5, 5.41) is 8.36. The number of hydrogen-bond acceptors (Lipinski definition) is 5. The zero-order chi connectivity index (χ0) is 11.5. The Bertz CT molecular complexity index is 480. The van der Waals surface area contributed by atoms with Crippen LogP contribution < -0.4 is 5.73 Å². The maximum atomic E-state index is 5.81. The van der Waals surface area contributed by atoms with E-state index in [4.69, 9.17) is 5.73 Å². The molecule has 0 unspecified atom stereocenters. The van der Waals surface area contributed by atoms with E-state index < -0.39 is 0 Å². The van der Waals surface area contributed by atoms with Crippen LogP contribution in [0.1, 0.15) is 24.4 Å². The van der Waals surface area contributed by atoms with Crippen LogP contribution in [0, 0.1) is 6.92 Å². The van der Waals surface area contributed by atoms with Crippen molar-refractivity contribution in [3.8, 4) is 0 Å². The molecule has 16 heavy (non-hydrogen) atoms. The maximum absolute atomic E-state index is 5.81. The lowest BCUT2D eigenvalue weighted by molar-refractivity contribution is 0.808. The van der Waals surface area contributed by atoms with Gasteiger partial charge < -0.3 is 5.73 Å². The number of aryl methyl sites for hydroxylation is 1. The van der Waals surface area contributed by atoms with Gasteiger partial charge in [0.2, 0.25) is 5.16 Å². The van der Waals surface area contributed by atoms with Crippen LogP contribution in [0.15, 0.2) is 28.5 Å². The molecule has 0 saturated carbocycles. The lowest BCUT2D eigenvalue weighted by Gasteiger charge is -2.05. The average Bonchev–Trinajstić information content (AvgIpc) is 2.64. The van der Waals surface area contributed by atoms with Gasteiger partial charge in [-0.05, 0) is 43.3 Å². The van der Waals surface area contributed by atoms with Gasteiger partial charge in [0.15, 0.2) is 0 Å². The van der Waals surface area contributed by atoms with E-state index in [1.165, 1.54) is 11.8 Å². The van der Waals surface area contributed by atoms with Gasteiger partial charge in [-0.25, -0.2) is 9.97 Å². The van der Waals surface area contributed by atoms with Crippen molar-refractivity contribution in [2.75, 3.05) is 0 Å². The summed E-state index contributed by atoms with van der Waals surface area (Å²) in [5.74, 6) is 0.797. The largest absolute Gasteiger partial charge is 0.324 e. The minimum Gasteiger partial charge on any atom is -0.324 e. The zero-order valence-electron chi connectivity index (χ0n) is 9.14. The van der Waals surface area contributed by atoms with Gasteiger partial charge in [0.1, 0.15) is 10.9 Å². The summed E-state index contributed by atoms with van der Waals surface area (Å²) in [6, 6.07) is 3.88. The van der Waals surface area contributed by atoms with Crippen molar-refractivity contribution in [3.05, 3.63) is 29.7 Å². The highest BCUT2D eigenvalue weighted by Gasteiger charge is 2.06. The second kappa shape index (κ2) is 4.63. The molecule has 2 heterocycles. The molecule has 0 fully saturated rings.